The fourth-order valence-corrected chi connectivity index (χ4v) is 2.63. The second-order valence-electron chi connectivity index (χ2n) is 7.06. The van der Waals surface area contributed by atoms with Gasteiger partial charge in [-0.05, 0) is 45.4 Å². The first-order valence-corrected chi connectivity index (χ1v) is 8.06. The van der Waals surface area contributed by atoms with Crippen LogP contribution < -0.4 is 10.9 Å². The molecule has 3 rings (SSSR count). The van der Waals surface area contributed by atoms with Crippen molar-refractivity contribution >= 4 is 22.6 Å². The predicted molar refractivity (Wildman–Crippen MR) is 96.6 cm³/mol. The zero-order chi connectivity index (χ0) is 18.2. The lowest BCUT2D eigenvalue weighted by Crippen LogP contribution is -2.29. The highest BCUT2D eigenvalue weighted by molar-refractivity contribution is 5.90. The number of hydrogen-bond acceptors (Lipinski definition) is 4. The van der Waals surface area contributed by atoms with E-state index < -0.39 is 0 Å². The summed E-state index contributed by atoms with van der Waals surface area (Å²) in [6.45, 7) is 7.81. The molecule has 0 spiro atoms. The molecule has 1 aromatic carbocycles. The maximum absolute atomic E-state index is 12.6. The molecule has 130 valence electrons. The minimum Gasteiger partial charge on any atom is -0.325 e. The van der Waals surface area contributed by atoms with Gasteiger partial charge in [-0.1, -0.05) is 12.1 Å². The molecule has 7 heteroatoms. The van der Waals surface area contributed by atoms with E-state index in [1.165, 1.54) is 17.1 Å². The van der Waals surface area contributed by atoms with E-state index in [0.717, 1.165) is 5.56 Å². The number of benzene rings is 1. The molecule has 0 unspecified atom stereocenters. The summed E-state index contributed by atoms with van der Waals surface area (Å²) in [5, 5.41) is 7.46. The molecule has 25 heavy (non-hydrogen) atoms. The summed E-state index contributed by atoms with van der Waals surface area (Å²) in [6, 6.07) is 7.49. The number of amides is 1. The molecule has 0 aliphatic rings. The van der Waals surface area contributed by atoms with Gasteiger partial charge < -0.3 is 5.32 Å². The number of aromatic nitrogens is 4. The maximum atomic E-state index is 12.6. The monoisotopic (exact) mass is 339 g/mol. The first-order chi connectivity index (χ1) is 11.8. The smallest absolute Gasteiger partial charge is 0.264 e. The van der Waals surface area contributed by atoms with Crippen LogP contribution in [0.1, 0.15) is 26.3 Å². The van der Waals surface area contributed by atoms with Crippen molar-refractivity contribution in [2.24, 2.45) is 0 Å². The van der Waals surface area contributed by atoms with Gasteiger partial charge in [0, 0.05) is 5.69 Å². The number of anilines is 1. The predicted octanol–water partition coefficient (Wildman–Crippen LogP) is 2.30. The molecular weight excluding hydrogens is 318 g/mol. The normalized spacial score (nSPS) is 11.7. The topological polar surface area (TPSA) is 81.8 Å². The van der Waals surface area contributed by atoms with Gasteiger partial charge in [0.15, 0.2) is 5.65 Å². The van der Waals surface area contributed by atoms with Crippen LogP contribution in [-0.2, 0) is 16.9 Å². The summed E-state index contributed by atoms with van der Waals surface area (Å²) >= 11 is 0. The molecule has 0 fully saturated rings. The molecule has 0 radical (unpaired) electrons. The number of aryl methyl sites for hydroxylation is 1. The highest BCUT2D eigenvalue weighted by Crippen LogP contribution is 2.17. The Balaban J connectivity index is 1.86. The zero-order valence-electron chi connectivity index (χ0n) is 14.8. The fraction of sp³-hybridized carbons (Fsp3) is 0.333. The summed E-state index contributed by atoms with van der Waals surface area (Å²) in [5.74, 6) is -0.280. The van der Waals surface area contributed by atoms with Crippen molar-refractivity contribution in [1.29, 1.82) is 0 Å². The summed E-state index contributed by atoms with van der Waals surface area (Å²) in [4.78, 5) is 29.2. The lowest BCUT2D eigenvalue weighted by molar-refractivity contribution is -0.116. The van der Waals surface area contributed by atoms with Crippen molar-refractivity contribution in [2.75, 3.05) is 5.32 Å². The van der Waals surface area contributed by atoms with Crippen LogP contribution in [0.2, 0.25) is 0 Å². The summed E-state index contributed by atoms with van der Waals surface area (Å²) < 4.78 is 3.00. The maximum Gasteiger partial charge on any atom is 0.264 e. The summed E-state index contributed by atoms with van der Waals surface area (Å²) in [7, 11) is 0. The lowest BCUT2D eigenvalue weighted by Gasteiger charge is -2.19. The molecular formula is C18H21N5O2. The van der Waals surface area contributed by atoms with Crippen molar-refractivity contribution < 1.29 is 4.79 Å². The fourth-order valence-electron chi connectivity index (χ4n) is 2.63. The standard InChI is InChI=1S/C18H21N5O2/c1-12-6-5-7-13(8-12)21-15(24)10-22-11-19-16-14(17(22)25)9-20-23(16)18(2,3)4/h5-9,11H,10H2,1-4H3,(H,21,24). The molecule has 0 saturated carbocycles. The van der Waals surface area contributed by atoms with Crippen molar-refractivity contribution in [3.05, 3.63) is 52.7 Å². The lowest BCUT2D eigenvalue weighted by atomic mass is 10.1. The van der Waals surface area contributed by atoms with E-state index in [4.69, 9.17) is 0 Å². The number of nitrogens with zero attached hydrogens (tertiary/aromatic N) is 4. The average Bonchev–Trinajstić information content (AvgIpc) is 2.95. The number of rotatable bonds is 3. The van der Waals surface area contributed by atoms with Crippen LogP contribution in [0, 0.1) is 6.92 Å². The second kappa shape index (κ2) is 6.16. The van der Waals surface area contributed by atoms with Crippen LogP contribution in [0.5, 0.6) is 0 Å². The average molecular weight is 339 g/mol. The molecule has 0 aliphatic carbocycles. The van der Waals surface area contributed by atoms with Crippen LogP contribution in [0.3, 0.4) is 0 Å². The van der Waals surface area contributed by atoms with Gasteiger partial charge in [-0.2, -0.15) is 5.10 Å². The third-order valence-electron chi connectivity index (χ3n) is 3.81. The number of nitrogens with one attached hydrogen (secondary N) is 1. The molecule has 2 aromatic heterocycles. The van der Waals surface area contributed by atoms with Crippen LogP contribution in [0.15, 0.2) is 41.6 Å². The van der Waals surface area contributed by atoms with Crippen molar-refractivity contribution in [1.82, 2.24) is 19.3 Å². The Morgan fingerprint density at radius 3 is 2.72 bits per heavy atom. The van der Waals surface area contributed by atoms with Crippen LogP contribution >= 0.6 is 0 Å². The van der Waals surface area contributed by atoms with Crippen molar-refractivity contribution in [3.8, 4) is 0 Å². The zero-order valence-corrected chi connectivity index (χ0v) is 14.8. The molecule has 0 bridgehead atoms. The third kappa shape index (κ3) is 3.45. The van der Waals surface area contributed by atoms with Crippen LogP contribution in [-0.4, -0.2) is 25.2 Å². The second-order valence-corrected chi connectivity index (χ2v) is 7.06. The molecule has 3 aromatic rings. The SMILES string of the molecule is Cc1cccc(NC(=O)Cn2cnc3c(cnn3C(C)(C)C)c2=O)c1. The third-order valence-corrected chi connectivity index (χ3v) is 3.81. The molecule has 1 N–H and O–H groups in total. The van der Waals surface area contributed by atoms with Gasteiger partial charge in [0.2, 0.25) is 5.91 Å². The van der Waals surface area contributed by atoms with E-state index >= 15 is 0 Å². The molecule has 0 atom stereocenters. The highest BCUT2D eigenvalue weighted by atomic mass is 16.2. The van der Waals surface area contributed by atoms with Gasteiger partial charge in [0.1, 0.15) is 18.3 Å². The van der Waals surface area contributed by atoms with E-state index in [0.29, 0.717) is 16.7 Å². The first-order valence-electron chi connectivity index (χ1n) is 8.06. The molecule has 1 amide bonds. The van der Waals surface area contributed by atoms with E-state index in [9.17, 15) is 9.59 Å². The Hall–Kier alpha value is -2.96. The molecule has 0 saturated heterocycles. The van der Waals surface area contributed by atoms with Gasteiger partial charge in [-0.15, -0.1) is 0 Å². The van der Waals surface area contributed by atoms with Crippen molar-refractivity contribution in [2.45, 2.75) is 39.8 Å². The van der Waals surface area contributed by atoms with E-state index in [2.05, 4.69) is 15.4 Å². The summed E-state index contributed by atoms with van der Waals surface area (Å²) in [6.07, 6.45) is 2.90. The first kappa shape index (κ1) is 16.9. The van der Waals surface area contributed by atoms with Crippen molar-refractivity contribution in [3.63, 3.8) is 0 Å². The Labute approximate surface area is 145 Å². The van der Waals surface area contributed by atoms with Gasteiger partial charge in [-0.25, -0.2) is 9.67 Å². The molecule has 0 aliphatic heterocycles. The van der Waals surface area contributed by atoms with Gasteiger partial charge in [0.25, 0.3) is 5.56 Å². The van der Waals surface area contributed by atoms with Crippen LogP contribution in [0.25, 0.3) is 11.0 Å². The number of fused-ring (bicyclic) bond motifs is 1. The number of hydrogen-bond donors (Lipinski definition) is 1. The van der Waals surface area contributed by atoms with Gasteiger partial charge >= 0.3 is 0 Å². The minimum atomic E-state index is -0.282. The largest absolute Gasteiger partial charge is 0.325 e. The van der Waals surface area contributed by atoms with Gasteiger partial charge in [0.05, 0.1) is 11.7 Å². The quantitative estimate of drug-likeness (QED) is 0.794. The van der Waals surface area contributed by atoms with Gasteiger partial charge in [-0.3, -0.25) is 14.2 Å². The number of carbonyl (C=O) groups excluding carboxylic acids is 1. The van der Waals surface area contributed by atoms with E-state index in [1.54, 1.807) is 4.68 Å². The Morgan fingerprint density at radius 2 is 2.04 bits per heavy atom. The molecule has 7 nitrogen and oxygen atoms in total. The minimum absolute atomic E-state index is 0.101. The highest BCUT2D eigenvalue weighted by Gasteiger charge is 2.20. The Kier molecular flexibility index (Phi) is 4.16. The Morgan fingerprint density at radius 1 is 1.28 bits per heavy atom. The summed E-state index contributed by atoms with van der Waals surface area (Å²) in [5.41, 5.74) is 1.71. The van der Waals surface area contributed by atoms with E-state index in [1.807, 2.05) is 52.0 Å². The molecule has 2 heterocycles. The van der Waals surface area contributed by atoms with Crippen LogP contribution in [0.4, 0.5) is 5.69 Å². The van der Waals surface area contributed by atoms with E-state index in [-0.39, 0.29) is 23.6 Å². The Bertz CT molecular complexity index is 995. The number of carbonyl (C=O) groups is 1.